The van der Waals surface area contributed by atoms with E-state index in [1.165, 1.54) is 0 Å². The molecule has 0 fully saturated rings. The number of pyridine rings is 1. The Kier molecular flexibility index (Phi) is 7.03. The molecule has 0 spiro atoms. The highest BCUT2D eigenvalue weighted by atomic mass is 35.5. The van der Waals surface area contributed by atoms with Gasteiger partial charge in [-0.15, -0.1) is 0 Å². The monoisotopic (exact) mass is 362 g/mol. The average molecular weight is 363 g/mol. The van der Waals surface area contributed by atoms with E-state index in [0.29, 0.717) is 23.0 Å². The van der Waals surface area contributed by atoms with Gasteiger partial charge in [-0.1, -0.05) is 11.6 Å². The number of amides is 1. The summed E-state index contributed by atoms with van der Waals surface area (Å²) in [7, 11) is 5.60. The SMILES string of the molecule is COc1ccc(Cl)cc1Nc1ccc(C(=O)NCCCN(C)C)nc1. The molecule has 0 radical (unpaired) electrons. The fourth-order valence-electron chi connectivity index (χ4n) is 2.22. The van der Waals surface area contributed by atoms with Gasteiger partial charge in [0, 0.05) is 11.6 Å². The summed E-state index contributed by atoms with van der Waals surface area (Å²) in [5.74, 6) is 0.498. The minimum Gasteiger partial charge on any atom is -0.495 e. The van der Waals surface area contributed by atoms with E-state index in [9.17, 15) is 4.79 Å². The second-order valence-corrected chi connectivity index (χ2v) is 6.25. The third-order valence-electron chi connectivity index (χ3n) is 3.50. The van der Waals surface area contributed by atoms with E-state index >= 15 is 0 Å². The maximum absolute atomic E-state index is 12.1. The van der Waals surface area contributed by atoms with E-state index in [1.807, 2.05) is 14.1 Å². The molecule has 2 N–H and O–H groups in total. The molecule has 0 saturated carbocycles. The summed E-state index contributed by atoms with van der Waals surface area (Å²) in [4.78, 5) is 18.3. The van der Waals surface area contributed by atoms with Gasteiger partial charge in [-0.05, 0) is 57.4 Å². The number of nitrogens with zero attached hydrogens (tertiary/aromatic N) is 2. The van der Waals surface area contributed by atoms with Crippen molar-refractivity contribution in [3.8, 4) is 5.75 Å². The summed E-state index contributed by atoms with van der Waals surface area (Å²) in [6.45, 7) is 1.55. The summed E-state index contributed by atoms with van der Waals surface area (Å²) in [6, 6.07) is 8.79. The van der Waals surface area contributed by atoms with Crippen molar-refractivity contribution in [3.63, 3.8) is 0 Å². The smallest absolute Gasteiger partial charge is 0.269 e. The molecule has 1 amide bonds. The first kappa shape index (κ1) is 19.0. The lowest BCUT2D eigenvalue weighted by Gasteiger charge is -2.12. The van der Waals surface area contributed by atoms with Gasteiger partial charge in [0.05, 0.1) is 24.7 Å². The molecule has 6 nitrogen and oxygen atoms in total. The number of hydrogen-bond acceptors (Lipinski definition) is 5. The summed E-state index contributed by atoms with van der Waals surface area (Å²) >= 11 is 6.02. The van der Waals surface area contributed by atoms with Crippen LogP contribution in [0.4, 0.5) is 11.4 Å². The highest BCUT2D eigenvalue weighted by molar-refractivity contribution is 6.31. The van der Waals surface area contributed by atoms with Crippen LogP contribution in [-0.2, 0) is 0 Å². The van der Waals surface area contributed by atoms with Gasteiger partial charge in [-0.2, -0.15) is 0 Å². The number of halogens is 1. The van der Waals surface area contributed by atoms with Crippen molar-refractivity contribution in [1.29, 1.82) is 0 Å². The number of nitrogens with one attached hydrogen (secondary N) is 2. The third kappa shape index (κ3) is 5.92. The number of ether oxygens (including phenoxy) is 1. The van der Waals surface area contributed by atoms with E-state index in [1.54, 1.807) is 43.6 Å². The van der Waals surface area contributed by atoms with Crippen LogP contribution < -0.4 is 15.4 Å². The van der Waals surface area contributed by atoms with Crippen LogP contribution >= 0.6 is 11.6 Å². The first-order valence-corrected chi connectivity index (χ1v) is 8.37. The summed E-state index contributed by atoms with van der Waals surface area (Å²) < 4.78 is 5.30. The minimum atomic E-state index is -0.175. The van der Waals surface area contributed by atoms with Gasteiger partial charge < -0.3 is 20.3 Å². The lowest BCUT2D eigenvalue weighted by molar-refractivity contribution is 0.0947. The zero-order valence-electron chi connectivity index (χ0n) is 14.7. The Bertz CT molecular complexity index is 705. The second-order valence-electron chi connectivity index (χ2n) is 5.81. The van der Waals surface area contributed by atoms with Crippen LogP contribution in [0.3, 0.4) is 0 Å². The molecule has 134 valence electrons. The van der Waals surface area contributed by atoms with Crippen LogP contribution in [0.1, 0.15) is 16.9 Å². The lowest BCUT2D eigenvalue weighted by Crippen LogP contribution is -2.27. The topological polar surface area (TPSA) is 66.5 Å². The molecule has 0 saturated heterocycles. The maximum atomic E-state index is 12.1. The van der Waals surface area contributed by atoms with Crippen LogP contribution in [0.5, 0.6) is 5.75 Å². The summed E-state index contributed by atoms with van der Waals surface area (Å²) in [5.41, 5.74) is 1.86. The van der Waals surface area contributed by atoms with E-state index in [2.05, 4.69) is 20.5 Å². The summed E-state index contributed by atoms with van der Waals surface area (Å²) in [6.07, 6.45) is 2.50. The molecule has 1 heterocycles. The largest absolute Gasteiger partial charge is 0.495 e. The van der Waals surface area contributed by atoms with Crippen LogP contribution in [-0.4, -0.2) is 50.1 Å². The molecule has 7 heteroatoms. The predicted molar refractivity (Wildman–Crippen MR) is 101 cm³/mol. The van der Waals surface area contributed by atoms with Crippen molar-refractivity contribution in [3.05, 3.63) is 47.2 Å². The van der Waals surface area contributed by atoms with Crippen LogP contribution in [0.15, 0.2) is 36.5 Å². The Hall–Kier alpha value is -2.31. The molecule has 0 aliphatic rings. The highest BCUT2D eigenvalue weighted by Crippen LogP contribution is 2.30. The molecule has 0 unspecified atom stereocenters. The van der Waals surface area contributed by atoms with Crippen LogP contribution in [0, 0.1) is 0 Å². The molecule has 25 heavy (non-hydrogen) atoms. The first-order valence-electron chi connectivity index (χ1n) is 7.99. The second kappa shape index (κ2) is 9.25. The number of rotatable bonds is 8. The lowest BCUT2D eigenvalue weighted by atomic mass is 10.2. The predicted octanol–water partition coefficient (Wildman–Crippen LogP) is 3.17. The van der Waals surface area contributed by atoms with Crippen LogP contribution in [0.25, 0.3) is 0 Å². The Labute approximate surface area is 153 Å². The van der Waals surface area contributed by atoms with Gasteiger partial charge in [0.15, 0.2) is 0 Å². The van der Waals surface area contributed by atoms with E-state index in [4.69, 9.17) is 16.3 Å². The highest BCUT2D eigenvalue weighted by Gasteiger charge is 2.08. The van der Waals surface area contributed by atoms with Gasteiger partial charge in [0.2, 0.25) is 0 Å². The molecule has 0 bridgehead atoms. The summed E-state index contributed by atoms with van der Waals surface area (Å²) in [5, 5.41) is 6.65. The fourth-order valence-corrected chi connectivity index (χ4v) is 2.40. The fraction of sp³-hybridized carbons (Fsp3) is 0.333. The van der Waals surface area contributed by atoms with Crippen molar-refractivity contribution in [2.75, 3.05) is 39.6 Å². The molecule has 1 aromatic heterocycles. The number of anilines is 2. The average Bonchev–Trinajstić information content (AvgIpc) is 2.59. The van der Waals surface area contributed by atoms with Crippen molar-refractivity contribution < 1.29 is 9.53 Å². The van der Waals surface area contributed by atoms with Crippen LogP contribution in [0.2, 0.25) is 5.02 Å². The Morgan fingerprint density at radius 1 is 1.28 bits per heavy atom. The first-order chi connectivity index (χ1) is 12.0. The van der Waals surface area contributed by atoms with Gasteiger partial charge in [0.25, 0.3) is 5.91 Å². The quantitative estimate of drug-likeness (QED) is 0.706. The Balaban J connectivity index is 1.96. The number of aromatic nitrogens is 1. The van der Waals surface area contributed by atoms with E-state index in [-0.39, 0.29) is 5.91 Å². The Morgan fingerprint density at radius 3 is 2.72 bits per heavy atom. The number of carbonyl (C=O) groups is 1. The normalized spacial score (nSPS) is 10.6. The van der Waals surface area contributed by atoms with E-state index < -0.39 is 0 Å². The number of carbonyl (C=O) groups excluding carboxylic acids is 1. The number of benzene rings is 1. The molecular weight excluding hydrogens is 340 g/mol. The zero-order valence-corrected chi connectivity index (χ0v) is 15.4. The van der Waals surface area contributed by atoms with Crippen molar-refractivity contribution >= 4 is 28.9 Å². The molecule has 2 rings (SSSR count). The Morgan fingerprint density at radius 2 is 2.08 bits per heavy atom. The van der Waals surface area contributed by atoms with E-state index in [0.717, 1.165) is 24.3 Å². The number of methoxy groups -OCH3 is 1. The van der Waals surface area contributed by atoms with Gasteiger partial charge in [-0.25, -0.2) is 4.98 Å². The van der Waals surface area contributed by atoms with Crippen molar-refractivity contribution in [2.45, 2.75) is 6.42 Å². The van der Waals surface area contributed by atoms with Crippen molar-refractivity contribution in [1.82, 2.24) is 15.2 Å². The molecule has 1 aromatic carbocycles. The molecular formula is C18H23ClN4O2. The van der Waals surface area contributed by atoms with Gasteiger partial charge in [-0.3, -0.25) is 4.79 Å². The number of hydrogen-bond donors (Lipinski definition) is 2. The van der Waals surface area contributed by atoms with Gasteiger partial charge in [0.1, 0.15) is 11.4 Å². The standard InChI is InChI=1S/C18H23ClN4O2/c1-23(2)10-4-9-20-18(24)15-7-6-14(12-21-15)22-16-11-13(19)5-8-17(16)25-3/h5-8,11-12,22H,4,9-10H2,1-3H3,(H,20,24). The molecule has 0 atom stereocenters. The third-order valence-corrected chi connectivity index (χ3v) is 3.74. The van der Waals surface area contributed by atoms with Gasteiger partial charge >= 0.3 is 0 Å². The molecule has 2 aromatic rings. The molecule has 0 aliphatic carbocycles. The minimum absolute atomic E-state index is 0.175. The van der Waals surface area contributed by atoms with Crippen molar-refractivity contribution in [2.24, 2.45) is 0 Å². The maximum Gasteiger partial charge on any atom is 0.269 e. The molecule has 0 aliphatic heterocycles. The zero-order chi connectivity index (χ0) is 18.2.